The molecule has 1 aliphatic rings. The Kier molecular flexibility index (Phi) is 7.02. The van der Waals surface area contributed by atoms with Gasteiger partial charge in [-0.25, -0.2) is 8.78 Å². The summed E-state index contributed by atoms with van der Waals surface area (Å²) in [6.07, 6.45) is 1.57. The van der Waals surface area contributed by atoms with E-state index in [1.165, 1.54) is 24.3 Å². The Hall–Kier alpha value is -2.87. The van der Waals surface area contributed by atoms with E-state index >= 15 is 0 Å². The van der Waals surface area contributed by atoms with Crippen LogP contribution in [0.25, 0.3) is 6.08 Å². The first-order chi connectivity index (χ1) is 15.8. The quantitative estimate of drug-likeness (QED) is 0.335. The van der Waals surface area contributed by atoms with E-state index < -0.39 is 22.8 Å². The number of carbonyl (C=O) groups is 2. The Morgan fingerprint density at radius 1 is 0.970 bits per heavy atom. The van der Waals surface area contributed by atoms with E-state index in [-0.39, 0.29) is 33.7 Å². The lowest BCUT2D eigenvalue weighted by atomic mass is 10.2. The van der Waals surface area contributed by atoms with Crippen molar-refractivity contribution in [2.75, 3.05) is 0 Å². The van der Waals surface area contributed by atoms with Crippen molar-refractivity contribution in [1.82, 2.24) is 4.90 Å². The molecule has 168 valence electrons. The number of ether oxygens (including phenoxy) is 1. The largest absolute Gasteiger partial charge is 0.489 e. The fourth-order valence-corrected chi connectivity index (χ4v) is 4.41. The lowest BCUT2D eigenvalue weighted by molar-refractivity contribution is -0.123. The van der Waals surface area contributed by atoms with Gasteiger partial charge in [-0.1, -0.05) is 47.5 Å². The summed E-state index contributed by atoms with van der Waals surface area (Å²) >= 11 is 12.8. The maximum absolute atomic E-state index is 13.9. The van der Waals surface area contributed by atoms with Crippen LogP contribution in [0.2, 0.25) is 10.0 Å². The van der Waals surface area contributed by atoms with E-state index in [9.17, 15) is 18.4 Å². The Bertz CT molecular complexity index is 1260. The molecule has 4 nitrogen and oxygen atoms in total. The Labute approximate surface area is 202 Å². The topological polar surface area (TPSA) is 46.6 Å². The van der Waals surface area contributed by atoms with Crippen molar-refractivity contribution in [3.8, 4) is 5.75 Å². The summed E-state index contributed by atoms with van der Waals surface area (Å²) in [5, 5.41) is -0.0489. The molecule has 0 aliphatic carbocycles. The molecular formula is C24H15Cl2F2NO3S. The number of benzene rings is 3. The van der Waals surface area contributed by atoms with E-state index in [0.717, 1.165) is 22.7 Å². The summed E-state index contributed by atoms with van der Waals surface area (Å²) in [6.45, 7) is -0.127. The van der Waals surface area contributed by atoms with Gasteiger partial charge < -0.3 is 4.74 Å². The van der Waals surface area contributed by atoms with Gasteiger partial charge in [0, 0.05) is 10.6 Å². The van der Waals surface area contributed by atoms with Gasteiger partial charge in [0.1, 0.15) is 24.0 Å². The SMILES string of the molecule is O=C1S/C(=C/c2cccc(OCc3c(F)cccc3Cl)c2)C(=O)N1Cc1ccc(F)cc1Cl. The second-order valence-electron chi connectivity index (χ2n) is 7.06. The zero-order chi connectivity index (χ0) is 23.5. The molecule has 9 heteroatoms. The molecule has 3 aromatic rings. The lowest BCUT2D eigenvalue weighted by Gasteiger charge is -2.13. The highest BCUT2D eigenvalue weighted by Gasteiger charge is 2.35. The molecule has 0 bridgehead atoms. The Morgan fingerprint density at radius 2 is 1.76 bits per heavy atom. The van der Waals surface area contributed by atoms with Gasteiger partial charge in [-0.15, -0.1) is 0 Å². The van der Waals surface area contributed by atoms with Crippen LogP contribution in [0.1, 0.15) is 16.7 Å². The van der Waals surface area contributed by atoms with Crippen LogP contribution in [-0.2, 0) is 17.9 Å². The van der Waals surface area contributed by atoms with E-state index in [1.54, 1.807) is 36.4 Å². The highest BCUT2D eigenvalue weighted by molar-refractivity contribution is 8.18. The normalized spacial score (nSPS) is 14.9. The van der Waals surface area contributed by atoms with E-state index in [2.05, 4.69) is 0 Å². The number of amides is 2. The third-order valence-corrected chi connectivity index (χ3v) is 6.43. The van der Waals surface area contributed by atoms with Gasteiger partial charge >= 0.3 is 0 Å². The van der Waals surface area contributed by atoms with Gasteiger partial charge in [0.15, 0.2) is 0 Å². The second-order valence-corrected chi connectivity index (χ2v) is 8.87. The molecule has 0 unspecified atom stereocenters. The third kappa shape index (κ3) is 5.38. The lowest BCUT2D eigenvalue weighted by Crippen LogP contribution is -2.27. The number of nitrogens with zero attached hydrogens (tertiary/aromatic N) is 1. The maximum atomic E-state index is 13.9. The van der Waals surface area contributed by atoms with Crippen LogP contribution in [-0.4, -0.2) is 16.0 Å². The summed E-state index contributed by atoms with van der Waals surface area (Å²) in [5.41, 5.74) is 1.33. The van der Waals surface area contributed by atoms with Crippen molar-refractivity contribution in [3.63, 3.8) is 0 Å². The van der Waals surface area contributed by atoms with E-state index in [0.29, 0.717) is 16.9 Å². The molecule has 0 saturated carbocycles. The first-order valence-corrected chi connectivity index (χ1v) is 11.2. The molecule has 3 aromatic carbocycles. The zero-order valence-electron chi connectivity index (χ0n) is 16.9. The molecule has 33 heavy (non-hydrogen) atoms. The molecule has 1 fully saturated rings. The number of hydrogen-bond acceptors (Lipinski definition) is 4. The first kappa shape index (κ1) is 23.3. The summed E-state index contributed by atoms with van der Waals surface area (Å²) in [5.74, 6) is -0.999. The van der Waals surface area contributed by atoms with Gasteiger partial charge in [-0.3, -0.25) is 14.5 Å². The van der Waals surface area contributed by atoms with Crippen molar-refractivity contribution >= 4 is 52.2 Å². The Balaban J connectivity index is 1.48. The van der Waals surface area contributed by atoms with Crippen LogP contribution in [0.5, 0.6) is 5.75 Å². The third-order valence-electron chi connectivity index (χ3n) is 4.82. The molecule has 0 aromatic heterocycles. The van der Waals surface area contributed by atoms with Crippen molar-refractivity contribution in [2.24, 2.45) is 0 Å². The Morgan fingerprint density at radius 3 is 2.52 bits per heavy atom. The van der Waals surface area contributed by atoms with Crippen molar-refractivity contribution in [1.29, 1.82) is 0 Å². The average molecular weight is 506 g/mol. The van der Waals surface area contributed by atoms with Crippen LogP contribution in [0.4, 0.5) is 13.6 Å². The monoisotopic (exact) mass is 505 g/mol. The van der Waals surface area contributed by atoms with Gasteiger partial charge in [0.05, 0.1) is 16.5 Å². The summed E-state index contributed by atoms with van der Waals surface area (Å²) in [7, 11) is 0. The highest BCUT2D eigenvalue weighted by atomic mass is 35.5. The number of hydrogen-bond donors (Lipinski definition) is 0. The van der Waals surface area contributed by atoms with E-state index in [4.69, 9.17) is 27.9 Å². The van der Waals surface area contributed by atoms with Gasteiger partial charge in [0.25, 0.3) is 11.1 Å². The summed E-state index contributed by atoms with van der Waals surface area (Å²) in [4.78, 5) is 26.5. The molecule has 2 amide bonds. The minimum absolute atomic E-state index is 0.0618. The van der Waals surface area contributed by atoms with Crippen LogP contribution in [0, 0.1) is 11.6 Å². The second kappa shape index (κ2) is 9.95. The molecule has 1 saturated heterocycles. The number of thioether (sulfide) groups is 1. The van der Waals surface area contributed by atoms with Crippen molar-refractivity contribution in [3.05, 3.63) is 104 Å². The fraction of sp³-hybridized carbons (Fsp3) is 0.0833. The molecule has 0 N–H and O–H groups in total. The number of carbonyl (C=O) groups excluding carboxylic acids is 2. The van der Waals surface area contributed by atoms with Gasteiger partial charge in [-0.2, -0.15) is 0 Å². The molecule has 4 rings (SSSR count). The summed E-state index contributed by atoms with van der Waals surface area (Å²) in [6, 6.07) is 15.0. The molecule has 1 heterocycles. The number of rotatable bonds is 6. The maximum Gasteiger partial charge on any atom is 0.293 e. The molecule has 0 atom stereocenters. The van der Waals surface area contributed by atoms with Gasteiger partial charge in [0.2, 0.25) is 0 Å². The van der Waals surface area contributed by atoms with Crippen LogP contribution >= 0.6 is 35.0 Å². The first-order valence-electron chi connectivity index (χ1n) is 9.67. The van der Waals surface area contributed by atoms with Crippen LogP contribution in [0.3, 0.4) is 0 Å². The molecular weight excluding hydrogens is 491 g/mol. The molecule has 0 spiro atoms. The predicted molar refractivity (Wildman–Crippen MR) is 125 cm³/mol. The molecule has 1 aliphatic heterocycles. The minimum atomic E-state index is -0.503. The van der Waals surface area contributed by atoms with Crippen molar-refractivity contribution < 1.29 is 23.1 Å². The fourth-order valence-electron chi connectivity index (χ4n) is 3.13. The standard InChI is InChI=1S/C24H15Cl2F2NO3S/c25-19-5-2-6-21(28)18(19)13-32-17-4-1-3-14(9-17)10-22-23(30)29(24(31)33-22)12-15-7-8-16(27)11-20(15)26/h1-11H,12-13H2/b22-10+. The number of imide groups is 1. The minimum Gasteiger partial charge on any atom is -0.489 e. The van der Waals surface area contributed by atoms with Crippen molar-refractivity contribution in [2.45, 2.75) is 13.2 Å². The number of halogens is 4. The zero-order valence-corrected chi connectivity index (χ0v) is 19.2. The van der Waals surface area contributed by atoms with Crippen LogP contribution < -0.4 is 4.74 Å². The highest BCUT2D eigenvalue weighted by Crippen LogP contribution is 2.34. The average Bonchev–Trinajstić information content (AvgIpc) is 3.03. The van der Waals surface area contributed by atoms with E-state index in [1.807, 2.05) is 0 Å². The smallest absolute Gasteiger partial charge is 0.293 e. The summed E-state index contributed by atoms with van der Waals surface area (Å²) < 4.78 is 32.9. The predicted octanol–water partition coefficient (Wildman–Crippen LogP) is 7.09. The van der Waals surface area contributed by atoms with Gasteiger partial charge in [-0.05, 0) is 65.4 Å². The molecule has 0 radical (unpaired) electrons. The van der Waals surface area contributed by atoms with Crippen LogP contribution in [0.15, 0.2) is 65.6 Å².